The van der Waals surface area contributed by atoms with Crippen LogP contribution in [0.1, 0.15) is 63.9 Å². The Bertz CT molecular complexity index is 882. The maximum absolute atomic E-state index is 11.7. The van der Waals surface area contributed by atoms with Crippen LogP contribution in [-0.4, -0.2) is 165 Å². The van der Waals surface area contributed by atoms with Crippen LogP contribution in [0.25, 0.3) is 0 Å². The fourth-order valence-electron chi connectivity index (χ4n) is 4.70. The van der Waals surface area contributed by atoms with Crippen LogP contribution in [0.5, 0.6) is 0 Å². The third-order valence-corrected chi connectivity index (χ3v) is 7.68. The predicted molar refractivity (Wildman–Crippen MR) is 209 cm³/mol. The SMILES string of the molecule is CCCCCCCCCC(=O)OCCOCCOCCOCCOCCOCCOCCOCCOCCOCCOCCOCCOCc1ccccc1. The molecule has 0 heterocycles. The summed E-state index contributed by atoms with van der Waals surface area (Å²) in [7, 11) is 0. The van der Waals surface area contributed by atoms with E-state index < -0.39 is 0 Å². The van der Waals surface area contributed by atoms with Gasteiger partial charge in [-0.3, -0.25) is 4.79 Å². The molecule has 0 saturated heterocycles. The molecule has 0 saturated carbocycles. The van der Waals surface area contributed by atoms with Gasteiger partial charge in [-0.15, -0.1) is 0 Å². The lowest BCUT2D eigenvalue weighted by Gasteiger charge is -2.09. The second kappa shape index (κ2) is 44.9. The molecule has 14 heteroatoms. The van der Waals surface area contributed by atoms with Crippen molar-refractivity contribution in [3.8, 4) is 0 Å². The standard InChI is InChI=1S/C41H74O14/c1-2-3-4-5-6-7-11-14-41(42)55-38-37-53-34-33-51-30-29-49-26-25-47-22-21-45-18-17-43-15-16-44-19-20-46-23-24-48-27-28-50-31-32-52-35-36-54-39-40-12-9-8-10-13-40/h8-10,12-13H,2-7,11,14-39H2,1H3. The number of carbonyl (C=O) groups excluding carboxylic acids is 1. The lowest BCUT2D eigenvalue weighted by molar-refractivity contribution is -0.145. The Morgan fingerprint density at radius 2 is 0.655 bits per heavy atom. The van der Waals surface area contributed by atoms with Gasteiger partial charge in [-0.05, 0) is 12.0 Å². The van der Waals surface area contributed by atoms with E-state index in [1.165, 1.54) is 32.1 Å². The van der Waals surface area contributed by atoms with Crippen LogP contribution in [0.15, 0.2) is 30.3 Å². The van der Waals surface area contributed by atoms with Gasteiger partial charge in [-0.2, -0.15) is 0 Å². The van der Waals surface area contributed by atoms with E-state index in [4.69, 9.17) is 61.6 Å². The van der Waals surface area contributed by atoms with Gasteiger partial charge in [-0.25, -0.2) is 0 Å². The molecule has 0 amide bonds. The highest BCUT2D eigenvalue weighted by Gasteiger charge is 2.03. The van der Waals surface area contributed by atoms with E-state index in [9.17, 15) is 4.79 Å². The zero-order chi connectivity index (χ0) is 39.2. The zero-order valence-electron chi connectivity index (χ0n) is 33.9. The van der Waals surface area contributed by atoms with Crippen LogP contribution in [-0.2, 0) is 73.0 Å². The lowest BCUT2D eigenvalue weighted by Crippen LogP contribution is -2.15. The Morgan fingerprint density at radius 3 is 1.00 bits per heavy atom. The first kappa shape index (κ1) is 51.2. The van der Waals surface area contributed by atoms with E-state index in [0.717, 1.165) is 18.4 Å². The zero-order valence-corrected chi connectivity index (χ0v) is 33.9. The molecule has 55 heavy (non-hydrogen) atoms. The van der Waals surface area contributed by atoms with Gasteiger partial charge in [0.05, 0.1) is 159 Å². The summed E-state index contributed by atoms with van der Waals surface area (Å²) in [5.41, 5.74) is 1.16. The fourth-order valence-corrected chi connectivity index (χ4v) is 4.70. The smallest absolute Gasteiger partial charge is 0.305 e. The van der Waals surface area contributed by atoms with Crippen LogP contribution >= 0.6 is 0 Å². The summed E-state index contributed by atoms with van der Waals surface area (Å²) in [5.74, 6) is -0.142. The van der Waals surface area contributed by atoms with Crippen molar-refractivity contribution in [2.75, 3.05) is 159 Å². The van der Waals surface area contributed by atoms with Crippen molar-refractivity contribution < 1.29 is 66.4 Å². The number of ether oxygens (including phenoxy) is 13. The van der Waals surface area contributed by atoms with Gasteiger partial charge in [0.25, 0.3) is 0 Å². The monoisotopic (exact) mass is 791 g/mol. The van der Waals surface area contributed by atoms with Gasteiger partial charge >= 0.3 is 5.97 Å². The average Bonchev–Trinajstić information content (AvgIpc) is 3.20. The highest BCUT2D eigenvalue weighted by molar-refractivity contribution is 5.69. The quantitative estimate of drug-likeness (QED) is 0.0642. The van der Waals surface area contributed by atoms with Gasteiger partial charge in [0.15, 0.2) is 0 Å². The molecule has 0 bridgehead atoms. The maximum Gasteiger partial charge on any atom is 0.305 e. The van der Waals surface area contributed by atoms with E-state index in [1.54, 1.807) is 0 Å². The highest BCUT2D eigenvalue weighted by Crippen LogP contribution is 2.08. The van der Waals surface area contributed by atoms with Crippen LogP contribution in [0.4, 0.5) is 0 Å². The normalized spacial score (nSPS) is 11.4. The first-order valence-electron chi connectivity index (χ1n) is 20.5. The molecule has 1 rings (SSSR count). The summed E-state index contributed by atoms with van der Waals surface area (Å²) in [6.45, 7) is 14.6. The van der Waals surface area contributed by atoms with Crippen LogP contribution in [0.3, 0.4) is 0 Å². The van der Waals surface area contributed by atoms with Gasteiger partial charge in [0.2, 0.25) is 0 Å². The fraction of sp³-hybridized carbons (Fsp3) is 0.829. The molecule has 0 aliphatic carbocycles. The van der Waals surface area contributed by atoms with Crippen molar-refractivity contribution in [2.45, 2.75) is 64.9 Å². The minimum Gasteiger partial charge on any atom is -0.463 e. The number of rotatable bonds is 46. The summed E-state index contributed by atoms with van der Waals surface area (Å²) < 4.78 is 71.2. The molecule has 0 aliphatic heterocycles. The minimum absolute atomic E-state index is 0.142. The third kappa shape index (κ3) is 41.7. The van der Waals surface area contributed by atoms with E-state index in [2.05, 4.69) is 6.92 Å². The summed E-state index contributed by atoms with van der Waals surface area (Å²) in [5, 5.41) is 0. The van der Waals surface area contributed by atoms with Gasteiger partial charge < -0.3 is 61.6 Å². The summed E-state index contributed by atoms with van der Waals surface area (Å²) in [6, 6.07) is 10.1. The molecule has 0 aromatic heterocycles. The molecule has 0 fully saturated rings. The number of unbranched alkanes of at least 4 members (excludes halogenated alkanes) is 6. The lowest BCUT2D eigenvalue weighted by atomic mass is 10.1. The van der Waals surface area contributed by atoms with Crippen molar-refractivity contribution in [1.82, 2.24) is 0 Å². The first-order valence-corrected chi connectivity index (χ1v) is 20.5. The number of carbonyl (C=O) groups is 1. The molecular weight excluding hydrogens is 716 g/mol. The van der Waals surface area contributed by atoms with Gasteiger partial charge in [-0.1, -0.05) is 75.8 Å². The van der Waals surface area contributed by atoms with Gasteiger partial charge in [0.1, 0.15) is 6.61 Å². The third-order valence-electron chi connectivity index (χ3n) is 7.68. The highest BCUT2D eigenvalue weighted by atomic mass is 16.6. The second-order valence-electron chi connectivity index (χ2n) is 12.4. The molecule has 0 aliphatic rings. The maximum atomic E-state index is 11.7. The summed E-state index contributed by atoms with van der Waals surface area (Å²) >= 11 is 0. The molecule has 1 aromatic rings. The van der Waals surface area contributed by atoms with Crippen molar-refractivity contribution in [3.05, 3.63) is 35.9 Å². The molecule has 14 nitrogen and oxygen atoms in total. The van der Waals surface area contributed by atoms with Crippen molar-refractivity contribution in [3.63, 3.8) is 0 Å². The predicted octanol–water partition coefficient (Wildman–Crippen LogP) is 5.07. The Morgan fingerprint density at radius 1 is 0.364 bits per heavy atom. The number of benzene rings is 1. The van der Waals surface area contributed by atoms with E-state index >= 15 is 0 Å². The van der Waals surface area contributed by atoms with Crippen LogP contribution < -0.4 is 0 Å². The van der Waals surface area contributed by atoms with E-state index in [-0.39, 0.29) is 12.6 Å². The molecule has 0 radical (unpaired) electrons. The summed E-state index contributed by atoms with van der Waals surface area (Å²) in [4.78, 5) is 11.7. The number of hydrogen-bond acceptors (Lipinski definition) is 14. The Kier molecular flexibility index (Phi) is 41.8. The molecular formula is C41H74O14. The Labute approximate surface area is 331 Å². The molecule has 1 aromatic carbocycles. The van der Waals surface area contributed by atoms with E-state index in [0.29, 0.717) is 165 Å². The van der Waals surface area contributed by atoms with Crippen LogP contribution in [0.2, 0.25) is 0 Å². The largest absolute Gasteiger partial charge is 0.463 e. The van der Waals surface area contributed by atoms with Crippen LogP contribution in [0, 0.1) is 0 Å². The van der Waals surface area contributed by atoms with Gasteiger partial charge in [0, 0.05) is 6.42 Å². The molecule has 0 atom stereocenters. The molecule has 0 unspecified atom stereocenters. The van der Waals surface area contributed by atoms with Crippen molar-refractivity contribution >= 4 is 5.97 Å². The Hall–Kier alpha value is -1.79. The topological polar surface area (TPSA) is 137 Å². The second-order valence-corrected chi connectivity index (χ2v) is 12.4. The molecule has 0 spiro atoms. The number of hydrogen-bond donors (Lipinski definition) is 0. The Balaban J connectivity index is 1.62. The van der Waals surface area contributed by atoms with E-state index in [1.807, 2.05) is 30.3 Å². The van der Waals surface area contributed by atoms with Crippen molar-refractivity contribution in [2.24, 2.45) is 0 Å². The minimum atomic E-state index is -0.142. The molecule has 322 valence electrons. The summed E-state index contributed by atoms with van der Waals surface area (Å²) in [6.07, 6.45) is 8.78. The number of esters is 1. The average molecular weight is 791 g/mol. The molecule has 0 N–H and O–H groups in total. The van der Waals surface area contributed by atoms with Crippen molar-refractivity contribution in [1.29, 1.82) is 0 Å². The first-order chi connectivity index (χ1) is 27.3.